The molecule has 1 aromatic carbocycles. The number of nitrogens with zero attached hydrogens (tertiary/aromatic N) is 3. The van der Waals surface area contributed by atoms with E-state index in [4.69, 9.17) is 9.16 Å². The zero-order chi connectivity index (χ0) is 22.4. The van der Waals surface area contributed by atoms with Crippen LogP contribution in [0, 0.1) is 10.1 Å². The molecule has 1 fully saturated rings. The molecule has 8 heteroatoms. The molecule has 1 heterocycles. The molecule has 0 aromatic heterocycles. The number of rotatable bonds is 10. The molecule has 0 atom stereocenters. The van der Waals surface area contributed by atoms with Crippen molar-refractivity contribution in [1.29, 1.82) is 0 Å². The van der Waals surface area contributed by atoms with Crippen molar-refractivity contribution in [2.75, 3.05) is 51.3 Å². The number of likely N-dealkylation sites (N-methyl/N-ethyl adjacent to an activating group) is 1. The molecular formula is C22H39N3O4Si. The van der Waals surface area contributed by atoms with Gasteiger partial charge in [-0.1, -0.05) is 20.8 Å². The molecule has 0 aliphatic carbocycles. The Morgan fingerprint density at radius 3 is 2.33 bits per heavy atom. The van der Waals surface area contributed by atoms with E-state index in [1.165, 1.54) is 0 Å². The second-order valence-electron chi connectivity index (χ2n) is 9.73. The van der Waals surface area contributed by atoms with Crippen LogP contribution in [-0.2, 0) is 15.8 Å². The van der Waals surface area contributed by atoms with E-state index in [0.717, 1.165) is 56.9 Å². The Kier molecular flexibility index (Phi) is 8.84. The Morgan fingerprint density at radius 1 is 1.10 bits per heavy atom. The largest absolute Gasteiger partial charge is 0.417 e. The fraction of sp³-hybridized carbons (Fsp3) is 0.727. The molecular weight excluding hydrogens is 398 g/mol. The van der Waals surface area contributed by atoms with E-state index in [2.05, 4.69) is 50.7 Å². The summed E-state index contributed by atoms with van der Waals surface area (Å²) in [5.74, 6) is 0. The van der Waals surface area contributed by atoms with Gasteiger partial charge in [0.2, 0.25) is 0 Å². The molecule has 7 nitrogen and oxygen atoms in total. The van der Waals surface area contributed by atoms with Crippen molar-refractivity contribution in [2.24, 2.45) is 0 Å². The van der Waals surface area contributed by atoms with Crippen molar-refractivity contribution in [3.63, 3.8) is 0 Å². The lowest BCUT2D eigenvalue weighted by Gasteiger charge is -2.36. The number of anilines is 1. The minimum atomic E-state index is -1.69. The highest BCUT2D eigenvalue weighted by Crippen LogP contribution is 2.36. The number of nitro benzene ring substituents is 1. The summed E-state index contributed by atoms with van der Waals surface area (Å²) in [6.45, 7) is 16.9. The van der Waals surface area contributed by atoms with Crippen LogP contribution in [0.1, 0.15) is 39.2 Å². The van der Waals surface area contributed by atoms with Crippen LogP contribution in [0.15, 0.2) is 18.2 Å². The monoisotopic (exact) mass is 437 g/mol. The quantitative estimate of drug-likeness (QED) is 0.229. The SMILES string of the molecule is CN1CCN(c2ccc([N+](=O)[O-])cc2COCCCCO[Si](C)(C)C(C)(C)C)CC1. The number of unbranched alkanes of at least 4 members (excludes halogenated alkanes) is 1. The van der Waals surface area contributed by atoms with Crippen molar-refractivity contribution in [1.82, 2.24) is 4.90 Å². The van der Waals surface area contributed by atoms with Crippen molar-refractivity contribution >= 4 is 19.7 Å². The highest BCUT2D eigenvalue weighted by molar-refractivity contribution is 6.74. The van der Waals surface area contributed by atoms with Gasteiger partial charge in [-0.3, -0.25) is 10.1 Å². The van der Waals surface area contributed by atoms with Gasteiger partial charge >= 0.3 is 0 Å². The number of non-ortho nitro benzene ring substituents is 1. The van der Waals surface area contributed by atoms with Crippen molar-refractivity contribution in [3.8, 4) is 0 Å². The maximum absolute atomic E-state index is 11.2. The fourth-order valence-electron chi connectivity index (χ4n) is 3.19. The summed E-state index contributed by atoms with van der Waals surface area (Å²) in [5, 5.41) is 11.4. The van der Waals surface area contributed by atoms with Crippen LogP contribution in [0.5, 0.6) is 0 Å². The van der Waals surface area contributed by atoms with Gasteiger partial charge in [-0.2, -0.15) is 0 Å². The van der Waals surface area contributed by atoms with Crippen LogP contribution in [-0.4, -0.2) is 64.6 Å². The molecule has 0 bridgehead atoms. The summed E-state index contributed by atoms with van der Waals surface area (Å²) < 4.78 is 12.1. The van der Waals surface area contributed by atoms with Crippen LogP contribution in [0.25, 0.3) is 0 Å². The normalized spacial score (nSPS) is 16.1. The number of ether oxygens (including phenoxy) is 1. The summed E-state index contributed by atoms with van der Waals surface area (Å²) in [6.07, 6.45) is 1.89. The van der Waals surface area contributed by atoms with E-state index in [1.807, 2.05) is 6.07 Å². The molecule has 1 saturated heterocycles. The maximum Gasteiger partial charge on any atom is 0.269 e. The lowest BCUT2D eigenvalue weighted by atomic mass is 10.1. The van der Waals surface area contributed by atoms with Gasteiger partial charge in [-0.25, -0.2) is 0 Å². The van der Waals surface area contributed by atoms with E-state index in [9.17, 15) is 10.1 Å². The van der Waals surface area contributed by atoms with Crippen molar-refractivity contribution in [3.05, 3.63) is 33.9 Å². The Bertz CT molecular complexity index is 698. The Morgan fingerprint density at radius 2 is 1.73 bits per heavy atom. The smallest absolute Gasteiger partial charge is 0.269 e. The van der Waals surface area contributed by atoms with Crippen LogP contribution in [0.4, 0.5) is 11.4 Å². The van der Waals surface area contributed by atoms with E-state index in [-0.39, 0.29) is 15.6 Å². The van der Waals surface area contributed by atoms with Gasteiger partial charge in [0.1, 0.15) is 0 Å². The average molecular weight is 438 g/mol. The first-order valence-corrected chi connectivity index (χ1v) is 13.8. The molecule has 0 spiro atoms. The lowest BCUT2D eigenvalue weighted by molar-refractivity contribution is -0.384. The van der Waals surface area contributed by atoms with Gasteiger partial charge in [-0.15, -0.1) is 0 Å². The second-order valence-corrected chi connectivity index (χ2v) is 14.5. The summed E-state index contributed by atoms with van der Waals surface area (Å²) in [4.78, 5) is 15.5. The predicted molar refractivity (Wildman–Crippen MR) is 125 cm³/mol. The zero-order valence-corrected chi connectivity index (χ0v) is 20.6. The minimum absolute atomic E-state index is 0.120. The highest BCUT2D eigenvalue weighted by atomic mass is 28.4. The number of hydrogen-bond donors (Lipinski definition) is 0. The maximum atomic E-state index is 11.2. The van der Waals surface area contributed by atoms with E-state index >= 15 is 0 Å². The average Bonchev–Trinajstić information content (AvgIpc) is 2.67. The van der Waals surface area contributed by atoms with Crippen molar-refractivity contribution in [2.45, 2.75) is 58.4 Å². The first-order valence-electron chi connectivity index (χ1n) is 10.9. The minimum Gasteiger partial charge on any atom is -0.417 e. The van der Waals surface area contributed by atoms with E-state index in [0.29, 0.717) is 13.2 Å². The summed E-state index contributed by atoms with van der Waals surface area (Å²) in [7, 11) is 0.429. The predicted octanol–water partition coefficient (Wildman–Crippen LogP) is 4.67. The third kappa shape index (κ3) is 7.04. The van der Waals surface area contributed by atoms with Gasteiger partial charge in [0, 0.05) is 62.8 Å². The number of piperazine rings is 1. The third-order valence-electron chi connectivity index (χ3n) is 6.33. The first-order chi connectivity index (χ1) is 14.0. The summed E-state index contributed by atoms with van der Waals surface area (Å²) >= 11 is 0. The van der Waals surface area contributed by atoms with E-state index < -0.39 is 8.32 Å². The molecule has 1 aliphatic rings. The zero-order valence-electron chi connectivity index (χ0n) is 19.6. The molecule has 1 aromatic rings. The fourth-order valence-corrected chi connectivity index (χ4v) is 4.28. The van der Waals surface area contributed by atoms with Crippen LogP contribution in [0.2, 0.25) is 18.1 Å². The third-order valence-corrected chi connectivity index (χ3v) is 10.9. The molecule has 1 aliphatic heterocycles. The van der Waals surface area contributed by atoms with Crippen LogP contribution >= 0.6 is 0 Å². The summed E-state index contributed by atoms with van der Waals surface area (Å²) in [6, 6.07) is 5.12. The molecule has 0 radical (unpaired) electrons. The molecule has 0 N–H and O–H groups in total. The van der Waals surface area contributed by atoms with Gasteiger partial charge in [-0.05, 0) is 44.1 Å². The van der Waals surface area contributed by atoms with E-state index in [1.54, 1.807) is 12.1 Å². The standard InChI is InChI=1S/C22H39N3O4Si/c1-22(2,3)30(5,6)29-16-8-7-15-28-18-19-17-20(25(26)27)9-10-21(19)24-13-11-23(4)12-14-24/h9-10,17H,7-8,11-16,18H2,1-6H3. The molecule has 2 rings (SSSR count). The van der Waals surface area contributed by atoms with Gasteiger partial charge < -0.3 is 19.0 Å². The lowest BCUT2D eigenvalue weighted by Crippen LogP contribution is -2.44. The second kappa shape index (κ2) is 10.7. The summed E-state index contributed by atoms with van der Waals surface area (Å²) in [5.41, 5.74) is 2.07. The van der Waals surface area contributed by atoms with Gasteiger partial charge in [0.15, 0.2) is 8.32 Å². The number of benzene rings is 1. The molecule has 0 saturated carbocycles. The van der Waals surface area contributed by atoms with Crippen LogP contribution in [0.3, 0.4) is 0 Å². The van der Waals surface area contributed by atoms with Crippen molar-refractivity contribution < 1.29 is 14.1 Å². The number of hydrogen-bond acceptors (Lipinski definition) is 6. The Labute approximate surface area is 182 Å². The van der Waals surface area contributed by atoms with Gasteiger partial charge in [0.05, 0.1) is 11.5 Å². The molecule has 0 unspecified atom stereocenters. The molecule has 170 valence electrons. The highest BCUT2D eigenvalue weighted by Gasteiger charge is 2.36. The van der Waals surface area contributed by atoms with Gasteiger partial charge in [0.25, 0.3) is 5.69 Å². The Balaban J connectivity index is 1.85. The Hall–Kier alpha value is -1.48. The molecule has 0 amide bonds. The first kappa shape index (κ1) is 24.8. The molecule has 30 heavy (non-hydrogen) atoms. The topological polar surface area (TPSA) is 68.1 Å². The number of nitro groups is 1. The van der Waals surface area contributed by atoms with Crippen LogP contribution < -0.4 is 4.90 Å².